The molecule has 1 atom stereocenters. The van der Waals surface area contributed by atoms with Gasteiger partial charge in [-0.15, -0.1) is 0 Å². The second-order valence-electron chi connectivity index (χ2n) is 5.56. The molecule has 7 nitrogen and oxygen atoms in total. The second-order valence-corrected chi connectivity index (χ2v) is 6.34. The molecule has 1 aromatic heterocycles. The molecule has 0 radical (unpaired) electrons. The average molecular weight is 407 g/mol. The minimum Gasteiger partial charge on any atom is -0.450 e. The summed E-state index contributed by atoms with van der Waals surface area (Å²) in [4.78, 5) is 38.0. The number of ether oxygens (including phenoxy) is 1. The van der Waals surface area contributed by atoms with Crippen LogP contribution in [0.3, 0.4) is 0 Å². The molecule has 0 saturated heterocycles. The summed E-state index contributed by atoms with van der Waals surface area (Å²) in [5.41, 5.74) is 1.12. The fourth-order valence-corrected chi connectivity index (χ4v) is 2.97. The summed E-state index contributed by atoms with van der Waals surface area (Å²) in [7, 11) is 0. The Balaban J connectivity index is 1.76. The van der Waals surface area contributed by atoms with E-state index >= 15 is 0 Å². The fourth-order valence-electron chi connectivity index (χ4n) is 2.66. The molecule has 2 amide bonds. The Bertz CT molecular complexity index is 832. The summed E-state index contributed by atoms with van der Waals surface area (Å²) in [6, 6.07) is 9.64. The van der Waals surface area contributed by atoms with Gasteiger partial charge in [-0.05, 0) is 47.1 Å². The average Bonchev–Trinajstić information content (AvgIpc) is 2.95. The molecule has 1 aliphatic rings. The molecule has 3 rings (SSSR count). The Morgan fingerprint density at radius 2 is 2.08 bits per heavy atom. The van der Waals surface area contributed by atoms with Crippen LogP contribution < -0.4 is 10.2 Å². The van der Waals surface area contributed by atoms with Gasteiger partial charge in [0.1, 0.15) is 0 Å². The lowest BCUT2D eigenvalue weighted by Crippen LogP contribution is -2.41. The van der Waals surface area contributed by atoms with E-state index in [-0.39, 0.29) is 24.1 Å². The summed E-state index contributed by atoms with van der Waals surface area (Å²) < 4.78 is 10.5. The smallest absolute Gasteiger partial charge is 0.374 e. The molecule has 25 heavy (non-hydrogen) atoms. The first-order valence-electron chi connectivity index (χ1n) is 7.59. The number of halogens is 1. The number of nitrogens with zero attached hydrogens (tertiary/aromatic N) is 1. The van der Waals surface area contributed by atoms with Gasteiger partial charge in [-0.2, -0.15) is 0 Å². The monoisotopic (exact) mass is 406 g/mol. The number of hydrogen-bond donors (Lipinski definition) is 1. The number of para-hydroxylation sites is 2. The zero-order valence-electron chi connectivity index (χ0n) is 13.3. The SMILES string of the molecule is C[C@@H]1CC(=O)Nc2ccccc2N1C(=O)COC(=O)c1ccc(Br)o1. The van der Waals surface area contributed by atoms with E-state index in [0.29, 0.717) is 16.0 Å². The lowest BCUT2D eigenvalue weighted by atomic mass is 10.1. The lowest BCUT2D eigenvalue weighted by Gasteiger charge is -2.27. The zero-order chi connectivity index (χ0) is 18.0. The van der Waals surface area contributed by atoms with Crippen molar-refractivity contribution in [3.8, 4) is 0 Å². The largest absolute Gasteiger partial charge is 0.450 e. The van der Waals surface area contributed by atoms with Gasteiger partial charge in [0, 0.05) is 12.5 Å². The van der Waals surface area contributed by atoms with Crippen LogP contribution in [0, 0.1) is 0 Å². The number of fused-ring (bicyclic) bond motifs is 1. The number of nitrogens with one attached hydrogen (secondary N) is 1. The number of hydrogen-bond acceptors (Lipinski definition) is 5. The zero-order valence-corrected chi connectivity index (χ0v) is 14.9. The first-order chi connectivity index (χ1) is 12.0. The van der Waals surface area contributed by atoms with Crippen molar-refractivity contribution in [1.29, 1.82) is 0 Å². The van der Waals surface area contributed by atoms with E-state index in [1.54, 1.807) is 37.3 Å². The quantitative estimate of drug-likeness (QED) is 0.791. The van der Waals surface area contributed by atoms with Gasteiger partial charge in [0.15, 0.2) is 11.3 Å². The van der Waals surface area contributed by atoms with Gasteiger partial charge in [-0.3, -0.25) is 9.59 Å². The van der Waals surface area contributed by atoms with E-state index in [0.717, 1.165) is 0 Å². The summed E-state index contributed by atoms with van der Waals surface area (Å²) in [6.07, 6.45) is 0.152. The molecule has 0 saturated carbocycles. The molecule has 0 aliphatic carbocycles. The minimum absolute atomic E-state index is 0.000773. The Morgan fingerprint density at radius 3 is 2.80 bits per heavy atom. The molecule has 0 unspecified atom stereocenters. The second kappa shape index (κ2) is 7.10. The van der Waals surface area contributed by atoms with Crippen LogP contribution in [0.4, 0.5) is 11.4 Å². The first kappa shape index (κ1) is 17.2. The Hall–Kier alpha value is -2.61. The summed E-state index contributed by atoms with van der Waals surface area (Å²) in [5, 5.41) is 2.77. The summed E-state index contributed by atoms with van der Waals surface area (Å²) in [5.74, 6) is -1.33. The van der Waals surface area contributed by atoms with Crippen molar-refractivity contribution in [1.82, 2.24) is 0 Å². The fraction of sp³-hybridized carbons (Fsp3) is 0.235. The third-order valence-corrected chi connectivity index (χ3v) is 4.16. The lowest BCUT2D eigenvalue weighted by molar-refractivity contribution is -0.122. The first-order valence-corrected chi connectivity index (χ1v) is 8.38. The number of amides is 2. The maximum Gasteiger partial charge on any atom is 0.374 e. The topological polar surface area (TPSA) is 88.9 Å². The Kier molecular flexibility index (Phi) is 4.89. The van der Waals surface area contributed by atoms with Gasteiger partial charge in [0.2, 0.25) is 11.7 Å². The van der Waals surface area contributed by atoms with E-state index < -0.39 is 18.5 Å². The highest BCUT2D eigenvalue weighted by Gasteiger charge is 2.30. The summed E-state index contributed by atoms with van der Waals surface area (Å²) >= 11 is 3.09. The van der Waals surface area contributed by atoms with E-state index in [9.17, 15) is 14.4 Å². The van der Waals surface area contributed by atoms with Crippen molar-refractivity contribution < 1.29 is 23.5 Å². The van der Waals surface area contributed by atoms with Crippen molar-refractivity contribution in [2.75, 3.05) is 16.8 Å². The van der Waals surface area contributed by atoms with Gasteiger partial charge in [-0.1, -0.05) is 12.1 Å². The predicted octanol–water partition coefficient (Wildman–Crippen LogP) is 2.96. The molecule has 2 aromatic rings. The number of esters is 1. The van der Waals surface area contributed by atoms with E-state index in [1.807, 2.05) is 0 Å². The van der Waals surface area contributed by atoms with Gasteiger partial charge < -0.3 is 19.4 Å². The van der Waals surface area contributed by atoms with Gasteiger partial charge in [0.25, 0.3) is 5.91 Å². The molecule has 0 spiro atoms. The van der Waals surface area contributed by atoms with Crippen LogP contribution in [-0.4, -0.2) is 30.4 Å². The standard InChI is InChI=1S/C17H15BrN2O5/c1-10-8-15(21)19-11-4-2-3-5-12(11)20(10)16(22)9-24-17(23)13-6-7-14(18)25-13/h2-7,10H,8-9H2,1H3,(H,19,21)/t10-/m1/s1. The number of rotatable bonds is 3. The molecule has 130 valence electrons. The van der Waals surface area contributed by atoms with E-state index in [1.165, 1.54) is 11.0 Å². The molecule has 1 aliphatic heterocycles. The highest BCUT2D eigenvalue weighted by atomic mass is 79.9. The van der Waals surface area contributed by atoms with Crippen molar-refractivity contribution in [3.05, 3.63) is 46.8 Å². The van der Waals surface area contributed by atoms with Crippen molar-refractivity contribution in [2.45, 2.75) is 19.4 Å². The predicted molar refractivity (Wildman–Crippen MR) is 93.3 cm³/mol. The van der Waals surface area contributed by atoms with Crippen LogP contribution in [0.2, 0.25) is 0 Å². The van der Waals surface area contributed by atoms with Crippen molar-refractivity contribution in [2.24, 2.45) is 0 Å². The van der Waals surface area contributed by atoms with Crippen molar-refractivity contribution in [3.63, 3.8) is 0 Å². The molecular weight excluding hydrogens is 392 g/mol. The third-order valence-electron chi connectivity index (χ3n) is 3.73. The normalized spacial score (nSPS) is 16.6. The number of carbonyl (C=O) groups excluding carboxylic acids is 3. The third kappa shape index (κ3) is 3.74. The highest BCUT2D eigenvalue weighted by molar-refractivity contribution is 9.10. The van der Waals surface area contributed by atoms with Crippen molar-refractivity contribution >= 4 is 45.1 Å². The van der Waals surface area contributed by atoms with Crippen LogP contribution in [0.25, 0.3) is 0 Å². The molecule has 0 fully saturated rings. The van der Waals surface area contributed by atoms with Crippen LogP contribution in [-0.2, 0) is 14.3 Å². The minimum atomic E-state index is -0.732. The number of anilines is 2. The number of benzene rings is 1. The maximum absolute atomic E-state index is 12.6. The molecule has 1 aromatic carbocycles. The Morgan fingerprint density at radius 1 is 1.32 bits per heavy atom. The van der Waals surface area contributed by atoms with Crippen LogP contribution in [0.1, 0.15) is 23.9 Å². The van der Waals surface area contributed by atoms with Crippen LogP contribution >= 0.6 is 15.9 Å². The van der Waals surface area contributed by atoms with Gasteiger partial charge in [0.05, 0.1) is 11.4 Å². The molecular formula is C17H15BrN2O5. The van der Waals surface area contributed by atoms with E-state index in [2.05, 4.69) is 21.2 Å². The van der Waals surface area contributed by atoms with Gasteiger partial charge in [-0.25, -0.2) is 4.79 Å². The number of furan rings is 1. The van der Waals surface area contributed by atoms with Crippen LogP contribution in [0.15, 0.2) is 45.5 Å². The van der Waals surface area contributed by atoms with Gasteiger partial charge >= 0.3 is 5.97 Å². The maximum atomic E-state index is 12.6. The number of carbonyl (C=O) groups is 3. The van der Waals surface area contributed by atoms with Crippen LogP contribution in [0.5, 0.6) is 0 Å². The molecule has 0 bridgehead atoms. The molecule has 1 N–H and O–H groups in total. The Labute approximate surface area is 152 Å². The summed E-state index contributed by atoms with van der Waals surface area (Å²) in [6.45, 7) is 1.31. The molecule has 2 heterocycles. The molecule has 8 heteroatoms. The highest BCUT2D eigenvalue weighted by Crippen LogP contribution is 2.31. The van der Waals surface area contributed by atoms with E-state index in [4.69, 9.17) is 9.15 Å².